The maximum Gasteiger partial charge on any atom is 0.127 e. The van der Waals surface area contributed by atoms with Crippen molar-refractivity contribution in [3.63, 3.8) is 0 Å². The summed E-state index contributed by atoms with van der Waals surface area (Å²) in [5.74, 6) is -0.0741. The van der Waals surface area contributed by atoms with E-state index in [9.17, 15) is 4.39 Å². The molecule has 3 rings (SSSR count). The van der Waals surface area contributed by atoms with E-state index >= 15 is 0 Å². The van der Waals surface area contributed by atoms with Crippen LogP contribution in [-0.2, 0) is 6.54 Å². The van der Waals surface area contributed by atoms with Crippen LogP contribution in [0, 0.1) is 5.82 Å². The van der Waals surface area contributed by atoms with Gasteiger partial charge in [0, 0.05) is 36.3 Å². The van der Waals surface area contributed by atoms with Crippen LogP contribution in [-0.4, -0.2) is 29.1 Å². The maximum absolute atomic E-state index is 14.0. The largest absolute Gasteiger partial charge is 0.308 e. The van der Waals surface area contributed by atoms with Crippen LogP contribution in [0.15, 0.2) is 24.3 Å². The number of benzene rings is 1. The number of halogens is 1. The van der Waals surface area contributed by atoms with Crippen LogP contribution >= 0.6 is 0 Å². The zero-order valence-electron chi connectivity index (χ0n) is 13.3. The molecule has 2 aliphatic rings. The molecule has 1 aromatic carbocycles. The Morgan fingerprint density at radius 3 is 2.62 bits per heavy atom. The van der Waals surface area contributed by atoms with E-state index in [2.05, 4.69) is 24.1 Å². The standard InChI is InChI=1S/C18H27FN2/c1-3-17(2)13-20-18(10-6-7-11-18)14-21(17)12-15-8-4-5-9-16(15)19/h4-5,8-9,20H,3,6-7,10-14H2,1-2H3. The van der Waals surface area contributed by atoms with Gasteiger partial charge in [0.25, 0.3) is 0 Å². The summed E-state index contributed by atoms with van der Waals surface area (Å²) in [5.41, 5.74) is 1.22. The molecular weight excluding hydrogens is 263 g/mol. The molecule has 0 radical (unpaired) electrons. The Morgan fingerprint density at radius 1 is 1.24 bits per heavy atom. The molecule has 1 aliphatic carbocycles. The van der Waals surface area contributed by atoms with Crippen LogP contribution in [0.2, 0.25) is 0 Å². The highest BCUT2D eigenvalue weighted by atomic mass is 19.1. The fraction of sp³-hybridized carbons (Fsp3) is 0.667. The number of piperazine rings is 1. The molecular formula is C18H27FN2. The first-order chi connectivity index (χ1) is 10.1. The quantitative estimate of drug-likeness (QED) is 0.913. The second kappa shape index (κ2) is 5.69. The van der Waals surface area contributed by atoms with Crippen molar-refractivity contribution in [2.45, 2.75) is 63.6 Å². The molecule has 1 aromatic rings. The van der Waals surface area contributed by atoms with Gasteiger partial charge in [0.15, 0.2) is 0 Å². The molecule has 1 N–H and O–H groups in total. The first-order valence-electron chi connectivity index (χ1n) is 8.30. The fourth-order valence-electron chi connectivity index (χ4n) is 3.92. The number of nitrogens with zero attached hydrogens (tertiary/aromatic N) is 1. The van der Waals surface area contributed by atoms with Gasteiger partial charge in [-0.05, 0) is 32.3 Å². The highest BCUT2D eigenvalue weighted by Crippen LogP contribution is 2.37. The van der Waals surface area contributed by atoms with Crippen molar-refractivity contribution in [1.29, 1.82) is 0 Å². The number of nitrogens with one attached hydrogen (secondary N) is 1. The summed E-state index contributed by atoms with van der Waals surface area (Å²) in [7, 11) is 0. The fourth-order valence-corrected chi connectivity index (χ4v) is 3.92. The van der Waals surface area contributed by atoms with E-state index < -0.39 is 0 Å². The molecule has 3 heteroatoms. The van der Waals surface area contributed by atoms with Crippen molar-refractivity contribution >= 4 is 0 Å². The summed E-state index contributed by atoms with van der Waals surface area (Å²) >= 11 is 0. The van der Waals surface area contributed by atoms with Crippen molar-refractivity contribution in [2.75, 3.05) is 13.1 Å². The van der Waals surface area contributed by atoms with E-state index in [1.54, 1.807) is 12.1 Å². The van der Waals surface area contributed by atoms with Gasteiger partial charge in [-0.2, -0.15) is 0 Å². The molecule has 1 heterocycles. The third-order valence-electron chi connectivity index (χ3n) is 5.74. The molecule has 1 atom stereocenters. The SMILES string of the molecule is CCC1(C)CNC2(CCCC2)CN1Cc1ccccc1F. The summed E-state index contributed by atoms with van der Waals surface area (Å²) < 4.78 is 14.0. The zero-order chi connectivity index (χ0) is 14.9. The Labute approximate surface area is 127 Å². The molecule has 0 bridgehead atoms. The van der Waals surface area contributed by atoms with Gasteiger partial charge in [-0.25, -0.2) is 4.39 Å². The normalized spacial score (nSPS) is 29.1. The van der Waals surface area contributed by atoms with Gasteiger partial charge in [-0.1, -0.05) is 38.0 Å². The van der Waals surface area contributed by atoms with Crippen LogP contribution in [0.25, 0.3) is 0 Å². The van der Waals surface area contributed by atoms with Crippen LogP contribution in [0.3, 0.4) is 0 Å². The smallest absolute Gasteiger partial charge is 0.127 e. The summed E-state index contributed by atoms with van der Waals surface area (Å²) in [6.07, 6.45) is 6.26. The molecule has 0 amide bonds. The topological polar surface area (TPSA) is 15.3 Å². The second-order valence-electron chi connectivity index (χ2n) is 7.14. The van der Waals surface area contributed by atoms with E-state index in [1.165, 1.54) is 25.7 Å². The highest BCUT2D eigenvalue weighted by Gasteiger charge is 2.45. The number of hydrogen-bond acceptors (Lipinski definition) is 2. The first-order valence-corrected chi connectivity index (χ1v) is 8.30. The molecule has 1 saturated heterocycles. The van der Waals surface area contributed by atoms with E-state index in [0.29, 0.717) is 0 Å². The van der Waals surface area contributed by atoms with Gasteiger partial charge in [0.2, 0.25) is 0 Å². The predicted molar refractivity (Wildman–Crippen MR) is 84.7 cm³/mol. The minimum atomic E-state index is -0.0741. The Balaban J connectivity index is 1.82. The van der Waals surface area contributed by atoms with Crippen LogP contribution in [0.4, 0.5) is 4.39 Å². The highest BCUT2D eigenvalue weighted by molar-refractivity contribution is 5.18. The minimum Gasteiger partial charge on any atom is -0.308 e. The minimum absolute atomic E-state index is 0.0741. The molecule has 1 unspecified atom stereocenters. The Bertz CT molecular complexity index is 496. The van der Waals surface area contributed by atoms with Crippen molar-refractivity contribution in [2.24, 2.45) is 0 Å². The predicted octanol–water partition coefficient (Wildman–Crippen LogP) is 3.71. The summed E-state index contributed by atoms with van der Waals surface area (Å²) in [6.45, 7) is 7.33. The molecule has 21 heavy (non-hydrogen) atoms. The van der Waals surface area contributed by atoms with Gasteiger partial charge in [-0.15, -0.1) is 0 Å². The molecule has 2 fully saturated rings. The average molecular weight is 290 g/mol. The van der Waals surface area contributed by atoms with Gasteiger partial charge < -0.3 is 5.32 Å². The van der Waals surface area contributed by atoms with Crippen LogP contribution in [0.5, 0.6) is 0 Å². The van der Waals surface area contributed by atoms with Crippen molar-refractivity contribution in [1.82, 2.24) is 10.2 Å². The third-order valence-corrected chi connectivity index (χ3v) is 5.74. The van der Waals surface area contributed by atoms with E-state index in [4.69, 9.17) is 0 Å². The van der Waals surface area contributed by atoms with E-state index in [-0.39, 0.29) is 16.9 Å². The molecule has 1 aliphatic heterocycles. The number of rotatable bonds is 3. The third kappa shape index (κ3) is 2.86. The van der Waals surface area contributed by atoms with Crippen molar-refractivity contribution in [3.8, 4) is 0 Å². The molecule has 116 valence electrons. The average Bonchev–Trinajstić information content (AvgIpc) is 2.94. The maximum atomic E-state index is 14.0. The monoisotopic (exact) mass is 290 g/mol. The van der Waals surface area contributed by atoms with Gasteiger partial charge >= 0.3 is 0 Å². The summed E-state index contributed by atoms with van der Waals surface area (Å²) in [4.78, 5) is 2.52. The number of hydrogen-bond donors (Lipinski definition) is 1. The van der Waals surface area contributed by atoms with Crippen molar-refractivity contribution < 1.29 is 4.39 Å². The van der Waals surface area contributed by atoms with Crippen molar-refractivity contribution in [3.05, 3.63) is 35.6 Å². The Kier molecular flexibility index (Phi) is 4.06. The zero-order valence-corrected chi connectivity index (χ0v) is 13.3. The lowest BCUT2D eigenvalue weighted by Crippen LogP contribution is -2.67. The molecule has 1 spiro atoms. The lowest BCUT2D eigenvalue weighted by molar-refractivity contribution is 0.00709. The Morgan fingerprint density at radius 2 is 1.95 bits per heavy atom. The molecule has 0 aromatic heterocycles. The molecule has 2 nitrogen and oxygen atoms in total. The lowest BCUT2D eigenvalue weighted by atomic mass is 9.84. The lowest BCUT2D eigenvalue weighted by Gasteiger charge is -2.52. The molecule has 1 saturated carbocycles. The Hall–Kier alpha value is -0.930. The summed E-state index contributed by atoms with van der Waals surface area (Å²) in [5, 5.41) is 3.83. The first kappa shape index (κ1) is 15.0. The second-order valence-corrected chi connectivity index (χ2v) is 7.14. The summed E-state index contributed by atoms with van der Waals surface area (Å²) in [6, 6.07) is 7.21. The van der Waals surface area contributed by atoms with Crippen LogP contribution in [0.1, 0.15) is 51.5 Å². The van der Waals surface area contributed by atoms with Gasteiger partial charge in [-0.3, -0.25) is 4.90 Å². The van der Waals surface area contributed by atoms with E-state index in [0.717, 1.165) is 31.6 Å². The van der Waals surface area contributed by atoms with E-state index in [1.807, 2.05) is 12.1 Å². The van der Waals surface area contributed by atoms with Crippen LogP contribution < -0.4 is 5.32 Å². The van der Waals surface area contributed by atoms with Gasteiger partial charge in [0.05, 0.1) is 0 Å². The van der Waals surface area contributed by atoms with Gasteiger partial charge in [0.1, 0.15) is 5.82 Å².